The molecule has 1 aromatic heterocycles. The summed E-state index contributed by atoms with van der Waals surface area (Å²) in [5.41, 5.74) is 6.86. The van der Waals surface area contributed by atoms with Crippen molar-refractivity contribution in [1.29, 1.82) is 0 Å². The minimum Gasteiger partial charge on any atom is -0.380 e. The van der Waals surface area contributed by atoms with Gasteiger partial charge >= 0.3 is 0 Å². The maximum absolute atomic E-state index is 12.3. The molecule has 128 valence electrons. The fourth-order valence-electron chi connectivity index (χ4n) is 3.00. The first-order chi connectivity index (χ1) is 11.7. The van der Waals surface area contributed by atoms with E-state index >= 15 is 0 Å². The number of hydrogen-bond donors (Lipinski definition) is 2. The van der Waals surface area contributed by atoms with Crippen LogP contribution < -0.4 is 11.1 Å². The molecule has 1 aromatic carbocycles. The fourth-order valence-corrected chi connectivity index (χ4v) is 3.00. The fraction of sp³-hybridized carbons (Fsp3) is 0.471. The lowest BCUT2D eigenvalue weighted by Crippen LogP contribution is -2.45. The molecule has 1 fully saturated rings. The van der Waals surface area contributed by atoms with Gasteiger partial charge in [0, 0.05) is 24.6 Å². The van der Waals surface area contributed by atoms with Gasteiger partial charge in [-0.05, 0) is 19.3 Å². The number of carbonyl (C=O) groups is 1. The summed E-state index contributed by atoms with van der Waals surface area (Å²) in [4.78, 5) is 16.6. The van der Waals surface area contributed by atoms with Gasteiger partial charge in [0.05, 0.1) is 12.6 Å². The van der Waals surface area contributed by atoms with E-state index in [1.54, 1.807) is 7.11 Å². The highest BCUT2D eigenvalue weighted by Gasteiger charge is 2.32. The number of benzene rings is 1. The molecule has 0 spiro atoms. The summed E-state index contributed by atoms with van der Waals surface area (Å²) in [5.74, 6) is 0.788. The standard InChI is InChI=1S/C17H22N4O3/c1-23-14-9-12(7-8-13(14)18)17(22)19-10-15-20-16(21-24-15)11-5-3-2-4-6-11/h2-6,12-14H,7-10,18H2,1H3,(H,19,22)/t12-,13+,14+/m0/s1. The molecule has 0 radical (unpaired) electrons. The molecule has 3 rings (SSSR count). The molecule has 7 nitrogen and oxygen atoms in total. The van der Waals surface area contributed by atoms with Gasteiger partial charge in [-0.15, -0.1) is 0 Å². The average molecular weight is 330 g/mol. The van der Waals surface area contributed by atoms with Crippen LogP contribution in [0.3, 0.4) is 0 Å². The maximum Gasteiger partial charge on any atom is 0.246 e. The van der Waals surface area contributed by atoms with Crippen LogP contribution in [0.4, 0.5) is 0 Å². The molecule has 2 aromatic rings. The number of nitrogens with two attached hydrogens (primary N) is 1. The Labute approximate surface area is 140 Å². The van der Waals surface area contributed by atoms with E-state index in [0.717, 1.165) is 18.4 Å². The normalized spacial score (nSPS) is 23.8. The molecule has 0 bridgehead atoms. The highest BCUT2D eigenvalue weighted by Crippen LogP contribution is 2.25. The van der Waals surface area contributed by atoms with Crippen LogP contribution in [-0.4, -0.2) is 35.3 Å². The summed E-state index contributed by atoms with van der Waals surface area (Å²) in [7, 11) is 1.63. The molecule has 0 saturated heterocycles. The molecule has 1 aliphatic rings. The first-order valence-electron chi connectivity index (χ1n) is 8.11. The summed E-state index contributed by atoms with van der Waals surface area (Å²) < 4.78 is 10.5. The number of methoxy groups -OCH3 is 1. The Morgan fingerprint density at radius 3 is 2.92 bits per heavy atom. The maximum atomic E-state index is 12.3. The van der Waals surface area contributed by atoms with Gasteiger partial charge in [-0.1, -0.05) is 35.5 Å². The van der Waals surface area contributed by atoms with E-state index in [2.05, 4.69) is 15.5 Å². The summed E-state index contributed by atoms with van der Waals surface area (Å²) in [6, 6.07) is 9.56. The third-order valence-corrected chi connectivity index (χ3v) is 4.43. The monoisotopic (exact) mass is 330 g/mol. The Kier molecular flexibility index (Phi) is 5.22. The largest absolute Gasteiger partial charge is 0.380 e. The number of aromatic nitrogens is 2. The van der Waals surface area contributed by atoms with Crippen molar-refractivity contribution in [2.45, 2.75) is 38.0 Å². The van der Waals surface area contributed by atoms with Crippen molar-refractivity contribution in [3.63, 3.8) is 0 Å². The minimum atomic E-state index is -0.0914. The van der Waals surface area contributed by atoms with Gasteiger partial charge in [0.25, 0.3) is 0 Å². The topological polar surface area (TPSA) is 103 Å². The van der Waals surface area contributed by atoms with E-state index in [-0.39, 0.29) is 30.5 Å². The molecule has 24 heavy (non-hydrogen) atoms. The van der Waals surface area contributed by atoms with Gasteiger partial charge in [0.2, 0.25) is 17.6 Å². The van der Waals surface area contributed by atoms with Crippen molar-refractivity contribution >= 4 is 5.91 Å². The first kappa shape index (κ1) is 16.6. The highest BCUT2D eigenvalue weighted by molar-refractivity contribution is 5.78. The minimum absolute atomic E-state index is 0.00317. The van der Waals surface area contributed by atoms with Crippen LogP contribution in [0.5, 0.6) is 0 Å². The van der Waals surface area contributed by atoms with E-state index in [1.165, 1.54) is 0 Å². The van der Waals surface area contributed by atoms with Crippen LogP contribution in [0.2, 0.25) is 0 Å². The lowest BCUT2D eigenvalue weighted by atomic mass is 9.83. The molecular formula is C17H22N4O3. The predicted molar refractivity (Wildman–Crippen MR) is 87.7 cm³/mol. The third kappa shape index (κ3) is 3.80. The second kappa shape index (κ2) is 7.55. The van der Waals surface area contributed by atoms with Crippen LogP contribution in [0.15, 0.2) is 34.9 Å². The molecule has 0 aliphatic heterocycles. The van der Waals surface area contributed by atoms with Crippen LogP contribution >= 0.6 is 0 Å². The van der Waals surface area contributed by atoms with Crippen LogP contribution in [0, 0.1) is 5.92 Å². The number of carbonyl (C=O) groups excluding carboxylic acids is 1. The molecule has 1 saturated carbocycles. The van der Waals surface area contributed by atoms with Crippen molar-refractivity contribution in [3.05, 3.63) is 36.2 Å². The highest BCUT2D eigenvalue weighted by atomic mass is 16.5. The van der Waals surface area contributed by atoms with Crippen molar-refractivity contribution in [2.24, 2.45) is 11.7 Å². The summed E-state index contributed by atoms with van der Waals surface area (Å²) in [6.45, 7) is 0.221. The zero-order valence-electron chi connectivity index (χ0n) is 13.6. The number of nitrogens with zero attached hydrogens (tertiary/aromatic N) is 2. The van der Waals surface area contributed by atoms with E-state index < -0.39 is 0 Å². The Hall–Kier alpha value is -2.25. The van der Waals surface area contributed by atoms with Crippen LogP contribution in [0.25, 0.3) is 11.4 Å². The molecule has 7 heteroatoms. The molecule has 1 amide bonds. The number of nitrogens with one attached hydrogen (secondary N) is 1. The van der Waals surface area contributed by atoms with Crippen molar-refractivity contribution in [3.8, 4) is 11.4 Å². The third-order valence-electron chi connectivity index (χ3n) is 4.43. The van der Waals surface area contributed by atoms with Gasteiger partial charge in [-0.3, -0.25) is 4.79 Å². The second-order valence-corrected chi connectivity index (χ2v) is 6.04. The molecular weight excluding hydrogens is 308 g/mol. The Morgan fingerprint density at radius 1 is 1.38 bits per heavy atom. The second-order valence-electron chi connectivity index (χ2n) is 6.04. The molecule has 3 N–H and O–H groups in total. The SMILES string of the molecule is CO[C@@H]1C[C@@H](C(=O)NCc2nc(-c3ccccc3)no2)CC[C@H]1N. The van der Waals surface area contributed by atoms with E-state index in [0.29, 0.717) is 18.1 Å². The van der Waals surface area contributed by atoms with Gasteiger partial charge in [0.1, 0.15) is 0 Å². The molecule has 3 atom stereocenters. The van der Waals surface area contributed by atoms with Crippen LogP contribution in [0.1, 0.15) is 25.2 Å². The van der Waals surface area contributed by atoms with Crippen molar-refractivity contribution in [2.75, 3.05) is 7.11 Å². The zero-order valence-corrected chi connectivity index (χ0v) is 13.6. The smallest absolute Gasteiger partial charge is 0.246 e. The van der Waals surface area contributed by atoms with Crippen molar-refractivity contribution in [1.82, 2.24) is 15.5 Å². The summed E-state index contributed by atoms with van der Waals surface area (Å²) in [5, 5.41) is 6.80. The number of amides is 1. The molecule has 0 unspecified atom stereocenters. The predicted octanol–water partition coefficient (Wildman–Crippen LogP) is 1.50. The number of hydrogen-bond acceptors (Lipinski definition) is 6. The Balaban J connectivity index is 1.54. The Morgan fingerprint density at radius 2 is 2.17 bits per heavy atom. The summed E-state index contributed by atoms with van der Waals surface area (Å²) >= 11 is 0. The van der Waals surface area contributed by atoms with Gasteiger partial charge in [0.15, 0.2) is 0 Å². The summed E-state index contributed by atoms with van der Waals surface area (Å²) in [6.07, 6.45) is 2.13. The van der Waals surface area contributed by atoms with Gasteiger partial charge < -0.3 is 20.3 Å². The lowest BCUT2D eigenvalue weighted by molar-refractivity contribution is -0.128. The zero-order chi connectivity index (χ0) is 16.9. The van der Waals surface area contributed by atoms with Gasteiger partial charge in [-0.25, -0.2) is 0 Å². The number of rotatable bonds is 5. The van der Waals surface area contributed by atoms with E-state index in [9.17, 15) is 4.79 Å². The quantitative estimate of drug-likeness (QED) is 0.861. The van der Waals surface area contributed by atoms with Crippen molar-refractivity contribution < 1.29 is 14.1 Å². The Bertz CT molecular complexity index is 673. The van der Waals surface area contributed by atoms with E-state index in [1.807, 2.05) is 30.3 Å². The number of ether oxygens (including phenoxy) is 1. The average Bonchev–Trinajstić information content (AvgIpc) is 3.10. The first-order valence-corrected chi connectivity index (χ1v) is 8.11. The van der Waals surface area contributed by atoms with Gasteiger partial charge in [-0.2, -0.15) is 4.98 Å². The molecule has 1 heterocycles. The lowest BCUT2D eigenvalue weighted by Gasteiger charge is -2.32. The van der Waals surface area contributed by atoms with E-state index in [4.69, 9.17) is 15.0 Å². The molecule has 1 aliphatic carbocycles. The van der Waals surface area contributed by atoms with Crippen LogP contribution in [-0.2, 0) is 16.1 Å².